The fraction of sp³-hybridized carbons (Fsp3) is 0.267. The first-order valence-electron chi connectivity index (χ1n) is 6.35. The van der Waals surface area contributed by atoms with Crippen molar-refractivity contribution in [3.05, 3.63) is 57.2 Å². The van der Waals surface area contributed by atoms with Gasteiger partial charge in [0.05, 0.1) is 10.9 Å². The molecule has 1 aromatic carbocycles. The number of hydrogen-bond donors (Lipinski definition) is 0. The predicted octanol–water partition coefficient (Wildman–Crippen LogP) is 4.38. The lowest BCUT2D eigenvalue weighted by Gasteiger charge is -2.24. The summed E-state index contributed by atoms with van der Waals surface area (Å²) in [6.45, 7) is 0.837. The molecular weight excluding hydrogens is 278 g/mol. The molecule has 1 aliphatic rings. The van der Waals surface area contributed by atoms with E-state index >= 15 is 0 Å². The van der Waals surface area contributed by atoms with Crippen molar-refractivity contribution in [2.75, 3.05) is 6.54 Å². The van der Waals surface area contributed by atoms with Gasteiger partial charge < -0.3 is 4.90 Å². The molecule has 3 rings (SSSR count). The average Bonchev–Trinajstić information content (AvgIpc) is 3.10. The van der Waals surface area contributed by atoms with Crippen molar-refractivity contribution in [1.82, 2.24) is 4.90 Å². The van der Waals surface area contributed by atoms with Crippen molar-refractivity contribution in [2.45, 2.75) is 18.9 Å². The zero-order valence-corrected chi connectivity index (χ0v) is 12.0. The molecule has 1 aliphatic heterocycles. The van der Waals surface area contributed by atoms with Crippen LogP contribution >= 0.6 is 22.9 Å². The summed E-state index contributed by atoms with van der Waals surface area (Å²) in [5.74, 6) is 0.146. The second kappa shape index (κ2) is 5.35. The maximum absolute atomic E-state index is 12.5. The van der Waals surface area contributed by atoms with Crippen molar-refractivity contribution < 1.29 is 4.79 Å². The summed E-state index contributed by atoms with van der Waals surface area (Å²) < 4.78 is 0. The van der Waals surface area contributed by atoms with Crippen LogP contribution in [0.3, 0.4) is 0 Å². The fourth-order valence-corrected chi connectivity index (χ4v) is 3.39. The number of halogens is 1. The van der Waals surface area contributed by atoms with E-state index in [-0.39, 0.29) is 11.9 Å². The number of amides is 1. The van der Waals surface area contributed by atoms with Gasteiger partial charge >= 0.3 is 0 Å². The third-order valence-corrected chi connectivity index (χ3v) is 4.61. The number of carbonyl (C=O) groups is 1. The maximum Gasteiger partial charge on any atom is 0.264 e. The molecule has 0 bridgehead atoms. The van der Waals surface area contributed by atoms with E-state index in [9.17, 15) is 4.79 Å². The van der Waals surface area contributed by atoms with Gasteiger partial charge in [-0.05, 0) is 42.0 Å². The summed E-state index contributed by atoms with van der Waals surface area (Å²) in [6, 6.07) is 11.8. The summed E-state index contributed by atoms with van der Waals surface area (Å²) in [7, 11) is 0. The highest BCUT2D eigenvalue weighted by atomic mass is 35.5. The number of thiophene rings is 1. The van der Waals surface area contributed by atoms with E-state index in [2.05, 4.69) is 0 Å². The molecular formula is C15H14ClNOS. The second-order valence-electron chi connectivity index (χ2n) is 4.69. The Balaban J connectivity index is 1.85. The van der Waals surface area contributed by atoms with Crippen LogP contribution in [0, 0.1) is 0 Å². The van der Waals surface area contributed by atoms with Gasteiger partial charge in [-0.2, -0.15) is 0 Å². The zero-order valence-electron chi connectivity index (χ0n) is 10.4. The highest BCUT2D eigenvalue weighted by molar-refractivity contribution is 7.12. The SMILES string of the molecule is O=C(c1cccs1)N1CCC[C@H]1c1ccc(Cl)cc1. The summed E-state index contributed by atoms with van der Waals surface area (Å²) in [6.07, 6.45) is 2.09. The number of nitrogens with zero attached hydrogens (tertiary/aromatic N) is 1. The molecule has 0 radical (unpaired) electrons. The first kappa shape index (κ1) is 12.7. The first-order valence-corrected chi connectivity index (χ1v) is 7.61. The summed E-state index contributed by atoms with van der Waals surface area (Å²) in [5, 5.41) is 2.68. The third-order valence-electron chi connectivity index (χ3n) is 3.50. The van der Waals surface area contributed by atoms with Crippen LogP contribution in [-0.4, -0.2) is 17.4 Å². The lowest BCUT2D eigenvalue weighted by molar-refractivity contribution is 0.0740. The van der Waals surface area contributed by atoms with Gasteiger partial charge in [-0.15, -0.1) is 11.3 Å². The topological polar surface area (TPSA) is 20.3 Å². The van der Waals surface area contributed by atoms with Gasteiger partial charge in [0.15, 0.2) is 0 Å². The van der Waals surface area contributed by atoms with E-state index in [1.165, 1.54) is 16.9 Å². The van der Waals surface area contributed by atoms with Crippen molar-refractivity contribution in [2.24, 2.45) is 0 Å². The molecule has 19 heavy (non-hydrogen) atoms. The van der Waals surface area contributed by atoms with Gasteiger partial charge in [0.1, 0.15) is 0 Å². The highest BCUT2D eigenvalue weighted by Gasteiger charge is 2.30. The molecule has 0 saturated carbocycles. The number of hydrogen-bond acceptors (Lipinski definition) is 2. The van der Waals surface area contributed by atoms with Crippen LogP contribution in [-0.2, 0) is 0 Å². The molecule has 1 aromatic heterocycles. The molecule has 0 unspecified atom stereocenters. The molecule has 98 valence electrons. The molecule has 1 fully saturated rings. The van der Waals surface area contributed by atoms with Crippen LogP contribution in [0.1, 0.15) is 34.1 Å². The number of likely N-dealkylation sites (tertiary alicyclic amines) is 1. The minimum absolute atomic E-state index is 0.146. The molecule has 0 N–H and O–H groups in total. The van der Waals surface area contributed by atoms with E-state index in [0.717, 1.165) is 29.3 Å². The normalized spacial score (nSPS) is 18.8. The van der Waals surface area contributed by atoms with Gasteiger partial charge in [-0.3, -0.25) is 4.79 Å². The quantitative estimate of drug-likeness (QED) is 0.804. The van der Waals surface area contributed by atoms with Crippen molar-refractivity contribution in [3.63, 3.8) is 0 Å². The van der Waals surface area contributed by atoms with E-state index in [0.29, 0.717) is 0 Å². The standard InChI is InChI=1S/C15H14ClNOS/c16-12-7-5-11(6-8-12)13-3-1-9-17(13)15(18)14-4-2-10-19-14/h2,4-8,10,13H,1,3,9H2/t13-/m0/s1. The summed E-state index contributed by atoms with van der Waals surface area (Å²) in [4.78, 5) is 15.3. The van der Waals surface area contributed by atoms with Crippen LogP contribution in [0.15, 0.2) is 41.8 Å². The maximum atomic E-state index is 12.5. The lowest BCUT2D eigenvalue weighted by Crippen LogP contribution is -2.29. The smallest absolute Gasteiger partial charge is 0.264 e. The lowest BCUT2D eigenvalue weighted by atomic mass is 10.0. The second-order valence-corrected chi connectivity index (χ2v) is 6.07. The van der Waals surface area contributed by atoms with Gasteiger partial charge in [0.25, 0.3) is 5.91 Å². The Hall–Kier alpha value is -1.32. The molecule has 2 heterocycles. The Bertz CT molecular complexity index is 564. The predicted molar refractivity (Wildman–Crippen MR) is 78.8 cm³/mol. The fourth-order valence-electron chi connectivity index (χ4n) is 2.58. The van der Waals surface area contributed by atoms with E-state index in [1.807, 2.05) is 46.7 Å². The molecule has 4 heteroatoms. The van der Waals surface area contributed by atoms with Crippen molar-refractivity contribution in [1.29, 1.82) is 0 Å². The Morgan fingerprint density at radius 3 is 2.74 bits per heavy atom. The van der Waals surface area contributed by atoms with E-state index in [4.69, 9.17) is 11.6 Å². The molecule has 2 aromatic rings. The van der Waals surface area contributed by atoms with Crippen LogP contribution < -0.4 is 0 Å². The summed E-state index contributed by atoms with van der Waals surface area (Å²) >= 11 is 7.42. The number of benzene rings is 1. The van der Waals surface area contributed by atoms with Gasteiger partial charge in [0.2, 0.25) is 0 Å². The minimum atomic E-state index is 0.146. The minimum Gasteiger partial charge on any atom is -0.331 e. The molecule has 0 aliphatic carbocycles. The van der Waals surface area contributed by atoms with Crippen LogP contribution in [0.2, 0.25) is 5.02 Å². The third kappa shape index (κ3) is 2.53. The highest BCUT2D eigenvalue weighted by Crippen LogP contribution is 2.34. The van der Waals surface area contributed by atoms with Gasteiger partial charge in [0, 0.05) is 11.6 Å². The summed E-state index contributed by atoms with van der Waals surface area (Å²) in [5.41, 5.74) is 1.17. The number of carbonyl (C=O) groups excluding carboxylic acids is 1. The first-order chi connectivity index (χ1) is 9.25. The van der Waals surface area contributed by atoms with E-state index < -0.39 is 0 Å². The molecule has 0 spiro atoms. The monoisotopic (exact) mass is 291 g/mol. The van der Waals surface area contributed by atoms with Crippen LogP contribution in [0.5, 0.6) is 0 Å². The zero-order chi connectivity index (χ0) is 13.2. The van der Waals surface area contributed by atoms with Gasteiger partial charge in [-0.1, -0.05) is 29.8 Å². The average molecular weight is 292 g/mol. The van der Waals surface area contributed by atoms with Crippen LogP contribution in [0.4, 0.5) is 0 Å². The van der Waals surface area contributed by atoms with Crippen LogP contribution in [0.25, 0.3) is 0 Å². The molecule has 1 atom stereocenters. The Morgan fingerprint density at radius 1 is 1.26 bits per heavy atom. The van der Waals surface area contributed by atoms with Gasteiger partial charge in [-0.25, -0.2) is 0 Å². The van der Waals surface area contributed by atoms with Crippen molar-refractivity contribution in [3.8, 4) is 0 Å². The van der Waals surface area contributed by atoms with Crippen molar-refractivity contribution >= 4 is 28.8 Å². The Labute approximate surface area is 121 Å². The molecule has 1 saturated heterocycles. The Morgan fingerprint density at radius 2 is 2.05 bits per heavy atom. The molecule has 1 amide bonds. The largest absolute Gasteiger partial charge is 0.331 e. The molecule has 2 nitrogen and oxygen atoms in total. The van der Waals surface area contributed by atoms with E-state index in [1.54, 1.807) is 0 Å². The number of rotatable bonds is 2. The Kier molecular flexibility index (Phi) is 3.58.